The Labute approximate surface area is 115 Å². The molecule has 0 amide bonds. The lowest BCUT2D eigenvalue weighted by molar-refractivity contribution is 0.558. The van der Waals surface area contributed by atoms with Crippen LogP contribution >= 0.6 is 0 Å². The lowest BCUT2D eigenvalue weighted by atomic mass is 10.1. The highest BCUT2D eigenvalue weighted by Crippen LogP contribution is 2.35. The Morgan fingerprint density at radius 1 is 1.21 bits per heavy atom. The summed E-state index contributed by atoms with van der Waals surface area (Å²) in [6.45, 7) is 5.88. The first-order valence-corrected chi connectivity index (χ1v) is 8.27. The number of benzene rings is 1. The summed E-state index contributed by atoms with van der Waals surface area (Å²) >= 11 is 0. The first-order chi connectivity index (χ1) is 8.95. The SMILES string of the molecule is CCNCCc1ccc(S(=O)(=O)NC2(C)CC2)cc1. The van der Waals surface area contributed by atoms with Crippen molar-refractivity contribution in [1.82, 2.24) is 10.0 Å². The Bertz CT molecular complexity index is 519. The van der Waals surface area contributed by atoms with Crippen LogP contribution in [0.2, 0.25) is 0 Å². The molecule has 1 aliphatic rings. The van der Waals surface area contributed by atoms with E-state index < -0.39 is 10.0 Å². The molecule has 1 aromatic carbocycles. The second kappa shape index (κ2) is 5.61. The largest absolute Gasteiger partial charge is 0.317 e. The van der Waals surface area contributed by atoms with Gasteiger partial charge >= 0.3 is 0 Å². The zero-order chi connectivity index (χ0) is 13.9. The van der Waals surface area contributed by atoms with E-state index in [1.807, 2.05) is 19.1 Å². The number of rotatable bonds is 7. The standard InChI is InChI=1S/C14H22N2O2S/c1-3-15-11-8-12-4-6-13(7-5-12)19(17,18)16-14(2)9-10-14/h4-7,15-16H,3,8-11H2,1-2H3. The average molecular weight is 282 g/mol. The van der Waals surface area contributed by atoms with Crippen LogP contribution in [0.15, 0.2) is 29.2 Å². The maximum atomic E-state index is 12.1. The molecule has 0 bridgehead atoms. The predicted molar refractivity (Wildman–Crippen MR) is 76.7 cm³/mol. The van der Waals surface area contributed by atoms with Gasteiger partial charge in [-0.05, 0) is 57.0 Å². The molecule has 2 rings (SSSR count). The number of likely N-dealkylation sites (N-methyl/N-ethyl adjacent to an activating group) is 1. The highest BCUT2D eigenvalue weighted by Gasteiger charge is 2.41. The van der Waals surface area contributed by atoms with E-state index in [1.165, 1.54) is 0 Å². The molecule has 4 nitrogen and oxygen atoms in total. The summed E-state index contributed by atoms with van der Waals surface area (Å²) in [7, 11) is -3.36. The Morgan fingerprint density at radius 3 is 2.37 bits per heavy atom. The van der Waals surface area contributed by atoms with Crippen molar-refractivity contribution in [1.29, 1.82) is 0 Å². The zero-order valence-electron chi connectivity index (χ0n) is 11.6. The molecule has 0 radical (unpaired) electrons. The summed E-state index contributed by atoms with van der Waals surface area (Å²) in [6.07, 6.45) is 2.76. The third-order valence-electron chi connectivity index (χ3n) is 3.45. The normalized spacial score (nSPS) is 17.4. The Morgan fingerprint density at radius 2 is 1.84 bits per heavy atom. The van der Waals surface area contributed by atoms with E-state index in [9.17, 15) is 8.42 Å². The molecular weight excluding hydrogens is 260 g/mol. The second-order valence-corrected chi connectivity index (χ2v) is 7.10. The highest BCUT2D eigenvalue weighted by molar-refractivity contribution is 7.89. The summed E-state index contributed by atoms with van der Waals surface area (Å²) in [5.74, 6) is 0. The van der Waals surface area contributed by atoms with E-state index in [-0.39, 0.29) is 5.54 Å². The zero-order valence-corrected chi connectivity index (χ0v) is 12.4. The van der Waals surface area contributed by atoms with Gasteiger partial charge in [-0.25, -0.2) is 13.1 Å². The Kier molecular flexibility index (Phi) is 4.28. The van der Waals surface area contributed by atoms with Crippen LogP contribution in [0.1, 0.15) is 32.3 Å². The van der Waals surface area contributed by atoms with Crippen LogP contribution in [0.3, 0.4) is 0 Å². The van der Waals surface area contributed by atoms with Crippen molar-refractivity contribution in [3.05, 3.63) is 29.8 Å². The lowest BCUT2D eigenvalue weighted by Crippen LogP contribution is -2.34. The maximum Gasteiger partial charge on any atom is 0.241 e. The van der Waals surface area contributed by atoms with E-state index in [2.05, 4.69) is 17.0 Å². The van der Waals surface area contributed by atoms with Gasteiger partial charge in [-0.15, -0.1) is 0 Å². The molecule has 1 aliphatic carbocycles. The van der Waals surface area contributed by atoms with Gasteiger partial charge in [0.2, 0.25) is 10.0 Å². The van der Waals surface area contributed by atoms with Crippen molar-refractivity contribution in [2.75, 3.05) is 13.1 Å². The van der Waals surface area contributed by atoms with Gasteiger partial charge in [0.1, 0.15) is 0 Å². The van der Waals surface area contributed by atoms with Crippen molar-refractivity contribution >= 4 is 10.0 Å². The van der Waals surface area contributed by atoms with Crippen molar-refractivity contribution < 1.29 is 8.42 Å². The van der Waals surface area contributed by atoms with Crippen LogP contribution in [-0.2, 0) is 16.4 Å². The highest BCUT2D eigenvalue weighted by atomic mass is 32.2. The average Bonchev–Trinajstić information content (AvgIpc) is 3.07. The fourth-order valence-corrected chi connectivity index (χ4v) is 3.38. The van der Waals surface area contributed by atoms with E-state index in [0.717, 1.165) is 37.9 Å². The van der Waals surface area contributed by atoms with Gasteiger partial charge in [0.05, 0.1) is 4.90 Å². The van der Waals surface area contributed by atoms with Crippen molar-refractivity contribution in [2.45, 2.75) is 43.5 Å². The van der Waals surface area contributed by atoms with Crippen LogP contribution in [-0.4, -0.2) is 27.0 Å². The fourth-order valence-electron chi connectivity index (χ4n) is 1.92. The van der Waals surface area contributed by atoms with Crippen LogP contribution in [0.25, 0.3) is 0 Å². The monoisotopic (exact) mass is 282 g/mol. The van der Waals surface area contributed by atoms with Crippen LogP contribution in [0.5, 0.6) is 0 Å². The number of hydrogen-bond donors (Lipinski definition) is 2. The van der Waals surface area contributed by atoms with Crippen LogP contribution in [0.4, 0.5) is 0 Å². The molecule has 0 aromatic heterocycles. The molecule has 106 valence electrons. The number of nitrogens with one attached hydrogen (secondary N) is 2. The molecule has 2 N–H and O–H groups in total. The Hall–Kier alpha value is -0.910. The summed E-state index contributed by atoms with van der Waals surface area (Å²) in [4.78, 5) is 0.354. The molecule has 0 atom stereocenters. The molecule has 19 heavy (non-hydrogen) atoms. The molecule has 1 fully saturated rings. The minimum Gasteiger partial charge on any atom is -0.317 e. The predicted octanol–water partition coefficient (Wildman–Crippen LogP) is 1.67. The van der Waals surface area contributed by atoms with Crippen LogP contribution in [0, 0.1) is 0 Å². The summed E-state index contributed by atoms with van der Waals surface area (Å²) in [6, 6.07) is 7.16. The third-order valence-corrected chi connectivity index (χ3v) is 5.11. The molecule has 0 unspecified atom stereocenters. The van der Waals surface area contributed by atoms with Crippen molar-refractivity contribution in [2.24, 2.45) is 0 Å². The first-order valence-electron chi connectivity index (χ1n) is 6.79. The van der Waals surface area contributed by atoms with Gasteiger partial charge in [0, 0.05) is 5.54 Å². The van der Waals surface area contributed by atoms with Gasteiger partial charge in [0.25, 0.3) is 0 Å². The lowest BCUT2D eigenvalue weighted by Gasteiger charge is -2.12. The van der Waals surface area contributed by atoms with E-state index in [1.54, 1.807) is 12.1 Å². The summed E-state index contributed by atoms with van der Waals surface area (Å²) in [5, 5.41) is 3.25. The number of hydrogen-bond acceptors (Lipinski definition) is 3. The molecule has 0 saturated heterocycles. The molecule has 1 aromatic rings. The van der Waals surface area contributed by atoms with Gasteiger partial charge in [-0.2, -0.15) is 0 Å². The van der Waals surface area contributed by atoms with Crippen LogP contribution < -0.4 is 10.0 Å². The van der Waals surface area contributed by atoms with E-state index in [4.69, 9.17) is 0 Å². The smallest absolute Gasteiger partial charge is 0.241 e. The molecule has 1 saturated carbocycles. The van der Waals surface area contributed by atoms with Gasteiger partial charge < -0.3 is 5.32 Å². The van der Waals surface area contributed by atoms with E-state index in [0.29, 0.717) is 4.90 Å². The van der Waals surface area contributed by atoms with Crippen molar-refractivity contribution in [3.8, 4) is 0 Å². The molecular formula is C14H22N2O2S. The van der Waals surface area contributed by atoms with Gasteiger partial charge in [-0.1, -0.05) is 19.1 Å². The van der Waals surface area contributed by atoms with Gasteiger partial charge in [-0.3, -0.25) is 0 Å². The first kappa shape index (κ1) is 14.5. The van der Waals surface area contributed by atoms with Gasteiger partial charge in [0.15, 0.2) is 0 Å². The fraction of sp³-hybridized carbons (Fsp3) is 0.571. The number of sulfonamides is 1. The Balaban J connectivity index is 2.01. The summed E-state index contributed by atoms with van der Waals surface area (Å²) < 4.78 is 27.0. The molecule has 0 heterocycles. The van der Waals surface area contributed by atoms with Crippen molar-refractivity contribution in [3.63, 3.8) is 0 Å². The quantitative estimate of drug-likeness (QED) is 0.748. The third kappa shape index (κ3) is 4.03. The maximum absolute atomic E-state index is 12.1. The second-order valence-electron chi connectivity index (χ2n) is 5.41. The minimum atomic E-state index is -3.36. The van der Waals surface area contributed by atoms with E-state index >= 15 is 0 Å². The molecule has 0 aliphatic heterocycles. The topological polar surface area (TPSA) is 58.2 Å². The minimum absolute atomic E-state index is 0.220. The summed E-state index contributed by atoms with van der Waals surface area (Å²) in [5.41, 5.74) is 0.931. The molecule has 0 spiro atoms. The molecule has 5 heteroatoms.